The van der Waals surface area contributed by atoms with Crippen LogP contribution in [0.15, 0.2) is 54.1 Å². The van der Waals surface area contributed by atoms with Crippen LogP contribution in [-0.4, -0.2) is 11.6 Å². The van der Waals surface area contributed by atoms with E-state index in [9.17, 15) is 9.59 Å². The van der Waals surface area contributed by atoms with Crippen molar-refractivity contribution in [3.63, 3.8) is 0 Å². The standard InChI is InChI=1S/C14H12O2/c15-13-8-4-7-12(14(13)16)10-9-11-5-2-1-3-6-11/h1-8H,9-10H2. The fourth-order valence-corrected chi connectivity index (χ4v) is 1.68. The third-order valence-corrected chi connectivity index (χ3v) is 2.59. The minimum absolute atomic E-state index is 0.363. The summed E-state index contributed by atoms with van der Waals surface area (Å²) in [6.07, 6.45) is 6.10. The van der Waals surface area contributed by atoms with Crippen LogP contribution < -0.4 is 0 Å². The molecule has 0 fully saturated rings. The summed E-state index contributed by atoms with van der Waals surface area (Å²) in [6, 6.07) is 9.94. The van der Waals surface area contributed by atoms with Gasteiger partial charge in [-0.05, 0) is 24.5 Å². The van der Waals surface area contributed by atoms with Crippen molar-refractivity contribution in [2.75, 3.05) is 0 Å². The van der Waals surface area contributed by atoms with Gasteiger partial charge in [0.25, 0.3) is 0 Å². The van der Waals surface area contributed by atoms with Crippen LogP contribution in [0.3, 0.4) is 0 Å². The molecule has 0 saturated carbocycles. The second-order valence-corrected chi connectivity index (χ2v) is 3.73. The Labute approximate surface area is 94.3 Å². The van der Waals surface area contributed by atoms with Crippen molar-refractivity contribution in [2.24, 2.45) is 0 Å². The van der Waals surface area contributed by atoms with Gasteiger partial charge in [0, 0.05) is 5.57 Å². The quantitative estimate of drug-likeness (QED) is 0.569. The molecule has 0 atom stereocenters. The highest BCUT2D eigenvalue weighted by atomic mass is 16.2. The summed E-state index contributed by atoms with van der Waals surface area (Å²) in [5.41, 5.74) is 1.79. The van der Waals surface area contributed by atoms with Crippen molar-refractivity contribution in [1.29, 1.82) is 0 Å². The lowest BCUT2D eigenvalue weighted by Gasteiger charge is -2.06. The fourth-order valence-electron chi connectivity index (χ4n) is 1.68. The van der Waals surface area contributed by atoms with Crippen molar-refractivity contribution in [3.8, 4) is 0 Å². The molecule has 2 nitrogen and oxygen atoms in total. The van der Waals surface area contributed by atoms with Gasteiger partial charge in [0.1, 0.15) is 0 Å². The first kappa shape index (κ1) is 10.6. The number of hydrogen-bond acceptors (Lipinski definition) is 2. The Morgan fingerprint density at radius 3 is 2.44 bits per heavy atom. The summed E-state index contributed by atoms with van der Waals surface area (Å²) < 4.78 is 0. The number of hydrogen-bond donors (Lipinski definition) is 0. The minimum atomic E-state index is -0.412. The molecular weight excluding hydrogens is 200 g/mol. The van der Waals surface area contributed by atoms with E-state index in [0.717, 1.165) is 6.42 Å². The van der Waals surface area contributed by atoms with E-state index in [1.807, 2.05) is 30.3 Å². The number of allylic oxidation sites excluding steroid dienone is 4. The Balaban J connectivity index is 2.01. The van der Waals surface area contributed by atoms with E-state index in [4.69, 9.17) is 0 Å². The van der Waals surface area contributed by atoms with Crippen LogP contribution in [0.2, 0.25) is 0 Å². The van der Waals surface area contributed by atoms with E-state index < -0.39 is 5.78 Å². The van der Waals surface area contributed by atoms with E-state index >= 15 is 0 Å². The Morgan fingerprint density at radius 2 is 1.69 bits per heavy atom. The zero-order valence-electron chi connectivity index (χ0n) is 8.85. The average molecular weight is 212 g/mol. The Bertz CT molecular complexity index is 467. The first-order chi connectivity index (χ1) is 7.77. The van der Waals surface area contributed by atoms with Crippen molar-refractivity contribution in [3.05, 3.63) is 59.7 Å². The van der Waals surface area contributed by atoms with Crippen LogP contribution in [0.5, 0.6) is 0 Å². The van der Waals surface area contributed by atoms with E-state index in [2.05, 4.69) is 0 Å². The maximum absolute atomic E-state index is 11.5. The van der Waals surface area contributed by atoms with E-state index in [0.29, 0.717) is 12.0 Å². The molecule has 0 saturated heterocycles. The van der Waals surface area contributed by atoms with Gasteiger partial charge in [-0.25, -0.2) is 0 Å². The van der Waals surface area contributed by atoms with E-state index in [1.54, 1.807) is 12.2 Å². The topological polar surface area (TPSA) is 34.1 Å². The largest absolute Gasteiger partial charge is 0.286 e. The van der Waals surface area contributed by atoms with Gasteiger partial charge in [-0.1, -0.05) is 42.5 Å². The number of ketones is 2. The molecule has 1 aliphatic carbocycles. The average Bonchev–Trinajstić information content (AvgIpc) is 2.32. The van der Waals surface area contributed by atoms with Gasteiger partial charge in [0.05, 0.1) is 0 Å². The van der Waals surface area contributed by atoms with Crippen molar-refractivity contribution >= 4 is 11.6 Å². The summed E-state index contributed by atoms with van der Waals surface area (Å²) in [7, 11) is 0. The summed E-state index contributed by atoms with van der Waals surface area (Å²) in [5, 5.41) is 0. The molecule has 1 aromatic carbocycles. The summed E-state index contributed by atoms with van der Waals surface area (Å²) in [6.45, 7) is 0. The molecule has 2 heteroatoms. The van der Waals surface area contributed by atoms with Crippen LogP contribution in [-0.2, 0) is 16.0 Å². The van der Waals surface area contributed by atoms with Crippen LogP contribution in [0.1, 0.15) is 12.0 Å². The van der Waals surface area contributed by atoms with Gasteiger partial charge in [-0.3, -0.25) is 9.59 Å². The van der Waals surface area contributed by atoms with Gasteiger partial charge in [0.2, 0.25) is 11.6 Å². The lowest BCUT2D eigenvalue weighted by atomic mass is 9.96. The molecular formula is C14H12O2. The minimum Gasteiger partial charge on any atom is -0.286 e. The summed E-state index contributed by atoms with van der Waals surface area (Å²) in [4.78, 5) is 22.6. The smallest absolute Gasteiger partial charge is 0.228 e. The second kappa shape index (κ2) is 4.71. The van der Waals surface area contributed by atoms with Crippen molar-refractivity contribution < 1.29 is 9.59 Å². The van der Waals surface area contributed by atoms with Gasteiger partial charge < -0.3 is 0 Å². The van der Waals surface area contributed by atoms with Crippen LogP contribution in [0, 0.1) is 0 Å². The summed E-state index contributed by atoms with van der Waals surface area (Å²) in [5.74, 6) is -0.774. The SMILES string of the molecule is O=C1C=CC=C(CCc2ccccc2)C1=O. The zero-order valence-corrected chi connectivity index (χ0v) is 8.85. The number of aryl methyl sites for hydroxylation is 1. The third-order valence-electron chi connectivity index (χ3n) is 2.59. The number of benzene rings is 1. The van der Waals surface area contributed by atoms with Crippen LogP contribution >= 0.6 is 0 Å². The molecule has 0 aliphatic heterocycles. The van der Waals surface area contributed by atoms with Crippen molar-refractivity contribution in [2.45, 2.75) is 12.8 Å². The van der Waals surface area contributed by atoms with Gasteiger partial charge in [-0.15, -0.1) is 0 Å². The predicted molar refractivity (Wildman–Crippen MR) is 62.0 cm³/mol. The zero-order chi connectivity index (χ0) is 11.4. The molecule has 0 N–H and O–H groups in total. The molecule has 0 bridgehead atoms. The Hall–Kier alpha value is -1.96. The number of carbonyl (C=O) groups is 2. The van der Waals surface area contributed by atoms with Crippen molar-refractivity contribution in [1.82, 2.24) is 0 Å². The van der Waals surface area contributed by atoms with Crippen LogP contribution in [0.4, 0.5) is 0 Å². The van der Waals surface area contributed by atoms with E-state index in [1.165, 1.54) is 11.6 Å². The van der Waals surface area contributed by atoms with Crippen LogP contribution in [0.25, 0.3) is 0 Å². The molecule has 2 rings (SSSR count). The lowest BCUT2D eigenvalue weighted by Crippen LogP contribution is -2.16. The first-order valence-electron chi connectivity index (χ1n) is 5.27. The molecule has 0 aromatic heterocycles. The fraction of sp³-hybridized carbons (Fsp3) is 0.143. The second-order valence-electron chi connectivity index (χ2n) is 3.73. The molecule has 0 radical (unpaired) electrons. The highest BCUT2D eigenvalue weighted by Gasteiger charge is 2.18. The maximum Gasteiger partial charge on any atom is 0.228 e. The molecule has 80 valence electrons. The van der Waals surface area contributed by atoms with Gasteiger partial charge >= 0.3 is 0 Å². The summed E-state index contributed by atoms with van der Waals surface area (Å²) >= 11 is 0. The number of Topliss-reactive ketones (excluding diaryl/α,β-unsaturated/α-hetero) is 1. The third kappa shape index (κ3) is 2.34. The molecule has 16 heavy (non-hydrogen) atoms. The van der Waals surface area contributed by atoms with Gasteiger partial charge in [-0.2, -0.15) is 0 Å². The van der Waals surface area contributed by atoms with E-state index in [-0.39, 0.29) is 5.78 Å². The molecule has 0 spiro atoms. The number of rotatable bonds is 3. The Morgan fingerprint density at radius 1 is 0.938 bits per heavy atom. The molecule has 1 aromatic rings. The molecule has 0 amide bonds. The first-order valence-corrected chi connectivity index (χ1v) is 5.27. The van der Waals surface area contributed by atoms with Gasteiger partial charge in [0.15, 0.2) is 0 Å². The molecule has 0 unspecified atom stereocenters. The highest BCUT2D eigenvalue weighted by molar-refractivity contribution is 6.48. The number of carbonyl (C=O) groups excluding carboxylic acids is 2. The predicted octanol–water partition coefficient (Wildman–Crippen LogP) is 2.25. The normalized spacial score (nSPS) is 15.1. The monoisotopic (exact) mass is 212 g/mol. The lowest BCUT2D eigenvalue weighted by molar-refractivity contribution is -0.131. The molecule has 1 aliphatic rings. The molecule has 0 heterocycles. The Kier molecular flexibility index (Phi) is 3.10. The maximum atomic E-state index is 11.5. The highest BCUT2D eigenvalue weighted by Crippen LogP contribution is 2.13.